The second-order valence-electron chi connectivity index (χ2n) is 7.65. The molecule has 0 fully saturated rings. The van der Waals surface area contributed by atoms with Crippen molar-refractivity contribution < 1.29 is 31.5 Å². The molecule has 0 bridgehead atoms. The van der Waals surface area contributed by atoms with Gasteiger partial charge in [0.25, 0.3) is 5.91 Å². The van der Waals surface area contributed by atoms with Crippen LogP contribution in [-0.2, 0) is 11.4 Å². The summed E-state index contributed by atoms with van der Waals surface area (Å²) in [5, 5.41) is 13.1. The number of hydrogen-bond acceptors (Lipinski definition) is 4. The monoisotopic (exact) mass is 551 g/mol. The third kappa shape index (κ3) is 4.75. The van der Waals surface area contributed by atoms with Crippen LogP contribution >= 0.6 is 23.2 Å². The molecule has 0 unspecified atom stereocenters. The van der Waals surface area contributed by atoms with E-state index in [-0.39, 0.29) is 44.3 Å². The van der Waals surface area contributed by atoms with E-state index in [9.17, 15) is 32.0 Å². The summed E-state index contributed by atoms with van der Waals surface area (Å²) in [5.74, 6) is -12.2. The lowest BCUT2D eigenvalue weighted by molar-refractivity contribution is -0.114. The molecule has 0 aromatic heterocycles. The standard InChI is InChI=1S/C25H12Cl2F5N3O2/c1-11-15(25(36)35(34-11)23-21(31)19(29)18(28)20(30)22(23)32)6-12-7-16(26)24(17(27)8-12)37-10-14-5-3-2-4-13(14)9-33/h2-8H,10H2,1H3/b15-6+. The maximum absolute atomic E-state index is 14.2. The van der Waals surface area contributed by atoms with Gasteiger partial charge in [0.1, 0.15) is 12.3 Å². The fraction of sp³-hybridized carbons (Fsp3) is 0.0800. The van der Waals surface area contributed by atoms with Crippen molar-refractivity contribution in [2.75, 3.05) is 5.01 Å². The molecule has 0 N–H and O–H groups in total. The van der Waals surface area contributed by atoms with Gasteiger partial charge < -0.3 is 4.74 Å². The molecule has 188 valence electrons. The normalized spacial score (nSPS) is 14.2. The van der Waals surface area contributed by atoms with Crippen molar-refractivity contribution in [3.63, 3.8) is 0 Å². The number of halogens is 7. The summed E-state index contributed by atoms with van der Waals surface area (Å²) in [6.45, 7) is 1.30. The van der Waals surface area contributed by atoms with E-state index < -0.39 is 40.7 Å². The van der Waals surface area contributed by atoms with Gasteiger partial charge in [-0.1, -0.05) is 41.4 Å². The molecule has 0 radical (unpaired) electrons. The first-order valence-corrected chi connectivity index (χ1v) is 11.0. The molecular formula is C25H12Cl2F5N3O2. The maximum Gasteiger partial charge on any atom is 0.280 e. The summed E-state index contributed by atoms with van der Waals surface area (Å²) in [7, 11) is 0. The highest BCUT2D eigenvalue weighted by atomic mass is 35.5. The predicted molar refractivity (Wildman–Crippen MR) is 127 cm³/mol. The van der Waals surface area contributed by atoms with Gasteiger partial charge in [-0.2, -0.15) is 15.4 Å². The first kappa shape index (κ1) is 26.1. The van der Waals surface area contributed by atoms with Gasteiger partial charge in [0.05, 0.1) is 33.0 Å². The molecule has 3 aromatic carbocycles. The molecule has 1 aliphatic rings. The molecule has 1 amide bonds. The molecule has 0 saturated heterocycles. The minimum absolute atomic E-state index is 0.00919. The number of amides is 1. The van der Waals surface area contributed by atoms with Crippen molar-refractivity contribution >= 4 is 46.6 Å². The Morgan fingerprint density at radius 3 is 2.16 bits per heavy atom. The first-order chi connectivity index (χ1) is 17.5. The Labute approximate surface area is 216 Å². The predicted octanol–water partition coefficient (Wildman–Crippen LogP) is 6.95. The number of nitrogens with zero attached hydrogens (tertiary/aromatic N) is 3. The Kier molecular flexibility index (Phi) is 7.21. The van der Waals surface area contributed by atoms with Crippen LogP contribution < -0.4 is 9.75 Å². The topological polar surface area (TPSA) is 65.7 Å². The van der Waals surface area contributed by atoms with Crippen molar-refractivity contribution in [2.45, 2.75) is 13.5 Å². The molecule has 1 aliphatic heterocycles. The van der Waals surface area contributed by atoms with Gasteiger partial charge in [-0.25, -0.2) is 22.0 Å². The van der Waals surface area contributed by atoms with Crippen molar-refractivity contribution in [2.24, 2.45) is 5.10 Å². The Morgan fingerprint density at radius 1 is 1.00 bits per heavy atom. The lowest BCUT2D eigenvalue weighted by Crippen LogP contribution is -2.25. The fourth-order valence-electron chi connectivity index (χ4n) is 3.49. The van der Waals surface area contributed by atoms with Crippen LogP contribution in [0.5, 0.6) is 5.75 Å². The van der Waals surface area contributed by atoms with Gasteiger partial charge in [-0.15, -0.1) is 0 Å². The van der Waals surface area contributed by atoms with Crippen molar-refractivity contribution in [3.05, 3.63) is 97.8 Å². The molecule has 4 rings (SSSR count). The van der Waals surface area contributed by atoms with E-state index in [0.717, 1.165) is 0 Å². The van der Waals surface area contributed by atoms with E-state index in [2.05, 4.69) is 5.10 Å². The SMILES string of the molecule is CC1=NN(c2c(F)c(F)c(F)c(F)c2F)C(=O)/C1=C/c1cc(Cl)c(OCc2ccccc2C#N)c(Cl)c1. The molecule has 0 spiro atoms. The number of benzene rings is 3. The number of nitriles is 1. The minimum Gasteiger partial charge on any atom is -0.486 e. The van der Waals surface area contributed by atoms with Gasteiger partial charge in [0.2, 0.25) is 5.82 Å². The number of carbonyl (C=O) groups is 1. The van der Waals surface area contributed by atoms with Crippen LogP contribution in [0.2, 0.25) is 10.0 Å². The quantitative estimate of drug-likeness (QED) is 0.149. The van der Waals surface area contributed by atoms with E-state index in [0.29, 0.717) is 11.1 Å². The van der Waals surface area contributed by atoms with Crippen molar-refractivity contribution in [3.8, 4) is 11.8 Å². The van der Waals surface area contributed by atoms with Crippen LogP contribution in [0.25, 0.3) is 6.08 Å². The summed E-state index contributed by atoms with van der Waals surface area (Å²) in [6.07, 6.45) is 1.24. The Balaban J connectivity index is 1.64. The first-order valence-electron chi connectivity index (χ1n) is 10.3. The molecule has 0 saturated carbocycles. The number of hydrogen-bond donors (Lipinski definition) is 0. The lowest BCUT2D eigenvalue weighted by Gasteiger charge is -2.15. The maximum atomic E-state index is 14.2. The summed E-state index contributed by atoms with van der Waals surface area (Å²) in [6, 6.07) is 11.6. The average molecular weight is 552 g/mol. The number of rotatable bonds is 5. The second-order valence-corrected chi connectivity index (χ2v) is 8.46. The third-order valence-corrected chi connectivity index (χ3v) is 5.86. The molecule has 1 heterocycles. The molecule has 12 heteroatoms. The second kappa shape index (κ2) is 10.2. The highest BCUT2D eigenvalue weighted by molar-refractivity contribution is 6.37. The van der Waals surface area contributed by atoms with E-state index in [1.807, 2.05) is 6.07 Å². The highest BCUT2D eigenvalue weighted by Gasteiger charge is 2.37. The van der Waals surface area contributed by atoms with Gasteiger partial charge >= 0.3 is 0 Å². The van der Waals surface area contributed by atoms with Gasteiger partial charge in [-0.3, -0.25) is 4.79 Å². The number of ether oxygens (including phenoxy) is 1. The smallest absolute Gasteiger partial charge is 0.280 e. The van der Waals surface area contributed by atoms with Crippen LogP contribution in [0, 0.1) is 40.4 Å². The summed E-state index contributed by atoms with van der Waals surface area (Å²) in [5.41, 5.74) is -0.496. The van der Waals surface area contributed by atoms with Gasteiger partial charge in [-0.05, 0) is 36.8 Å². The third-order valence-electron chi connectivity index (χ3n) is 5.30. The van der Waals surface area contributed by atoms with Gasteiger partial charge in [0, 0.05) is 5.56 Å². The van der Waals surface area contributed by atoms with E-state index in [1.165, 1.54) is 25.1 Å². The zero-order valence-electron chi connectivity index (χ0n) is 18.6. The molecule has 5 nitrogen and oxygen atoms in total. The summed E-state index contributed by atoms with van der Waals surface area (Å²) in [4.78, 5) is 12.8. The van der Waals surface area contributed by atoms with Crippen LogP contribution in [0.15, 0.2) is 47.1 Å². The number of carbonyl (C=O) groups excluding carboxylic acids is 1. The average Bonchev–Trinajstić information content (AvgIpc) is 3.14. The molecule has 3 aromatic rings. The minimum atomic E-state index is -2.36. The lowest BCUT2D eigenvalue weighted by atomic mass is 10.1. The van der Waals surface area contributed by atoms with E-state index in [4.69, 9.17) is 27.9 Å². The number of anilines is 1. The Hall–Kier alpha value is -3.94. The summed E-state index contributed by atoms with van der Waals surface area (Å²) < 4.78 is 74.8. The molecule has 0 atom stereocenters. The Bertz CT molecular complexity index is 1510. The van der Waals surface area contributed by atoms with Crippen LogP contribution in [-0.4, -0.2) is 11.6 Å². The number of hydrazone groups is 1. The van der Waals surface area contributed by atoms with Crippen LogP contribution in [0.3, 0.4) is 0 Å². The van der Waals surface area contributed by atoms with Crippen LogP contribution in [0.1, 0.15) is 23.6 Å². The molecule has 37 heavy (non-hydrogen) atoms. The molecular weight excluding hydrogens is 540 g/mol. The largest absolute Gasteiger partial charge is 0.486 e. The van der Waals surface area contributed by atoms with Crippen LogP contribution in [0.4, 0.5) is 27.6 Å². The fourth-order valence-corrected chi connectivity index (χ4v) is 4.10. The van der Waals surface area contributed by atoms with Gasteiger partial charge in [0.15, 0.2) is 29.0 Å². The Morgan fingerprint density at radius 2 is 1.57 bits per heavy atom. The molecule has 0 aliphatic carbocycles. The highest BCUT2D eigenvalue weighted by Crippen LogP contribution is 2.37. The zero-order valence-corrected chi connectivity index (χ0v) is 20.1. The van der Waals surface area contributed by atoms with Crippen molar-refractivity contribution in [1.82, 2.24) is 0 Å². The zero-order chi connectivity index (χ0) is 27.0. The van der Waals surface area contributed by atoms with Crippen molar-refractivity contribution in [1.29, 1.82) is 5.26 Å². The van der Waals surface area contributed by atoms with E-state index in [1.54, 1.807) is 24.3 Å². The van der Waals surface area contributed by atoms with E-state index >= 15 is 0 Å². The summed E-state index contributed by atoms with van der Waals surface area (Å²) >= 11 is 12.6.